The number of hydrogen-bond donors (Lipinski definition) is 0. The molecule has 0 aliphatic heterocycles. The molecular weight excluding hydrogens is 679 g/mol. The summed E-state index contributed by atoms with van der Waals surface area (Å²) in [4.78, 5) is 0. The Labute approximate surface area is 302 Å². The van der Waals surface area contributed by atoms with Gasteiger partial charge in [-0.1, -0.05) is 0 Å². The van der Waals surface area contributed by atoms with Crippen LogP contribution in [-0.2, 0) is 21.3 Å². The zero-order valence-electron chi connectivity index (χ0n) is 31.2. The maximum Gasteiger partial charge on any atom is -1.00 e. The fourth-order valence-electron chi connectivity index (χ4n) is 12.7. The van der Waals surface area contributed by atoms with Crippen LogP contribution in [0.1, 0.15) is 103 Å². The summed E-state index contributed by atoms with van der Waals surface area (Å²) in [5.41, 5.74) is 3.25. The molecule has 250 valence electrons. The summed E-state index contributed by atoms with van der Waals surface area (Å²) in [5.74, 6) is 1.10. The fraction of sp³-hybridized carbons (Fsp3) is 0.605. The minimum absolute atomic E-state index is 0. The molecule has 10 atom stereocenters. The molecule has 0 amide bonds. The Hall–Kier alpha value is -0.747. The second-order valence-corrected chi connectivity index (χ2v) is 25.4. The molecule has 6 rings (SSSR count). The maximum absolute atomic E-state index is 2.82. The second kappa shape index (κ2) is 11.4. The van der Waals surface area contributed by atoms with Crippen LogP contribution < -0.4 is 24.8 Å². The first-order chi connectivity index (χ1) is 20.3. The summed E-state index contributed by atoms with van der Waals surface area (Å²) in [6.07, 6.45) is 34.4. The van der Waals surface area contributed by atoms with Crippen LogP contribution in [0.5, 0.6) is 0 Å². The SMILES string of the molecule is CCC1C=C(C(C)(C)C)C=[C]1[Zr+2](=[C](C)C)[CH]1C2C=CC=C(C)C2(C)C2(C)C3(C)C=CC=CC3(C)C3(C)C=CC=CC3(C)C12C.[Cl-].[Cl-]. The molecule has 46 heavy (non-hydrogen) atoms. The smallest absolute Gasteiger partial charge is 1.00 e. The molecular formula is C43H60Cl2Zr. The van der Waals surface area contributed by atoms with Gasteiger partial charge >= 0.3 is 280 Å². The number of allylic oxidation sites excluding steroid dienone is 16. The van der Waals surface area contributed by atoms with E-state index in [1.807, 2.05) is 3.28 Å². The normalized spacial score (nSPS) is 45.9. The van der Waals surface area contributed by atoms with E-state index in [1.54, 1.807) is 14.4 Å². The first kappa shape index (κ1) is 38.1. The number of fused-ring (bicyclic) bond motifs is 8. The molecule has 2 saturated carbocycles. The van der Waals surface area contributed by atoms with Crippen LogP contribution in [0.4, 0.5) is 0 Å². The molecule has 0 N–H and O–H groups in total. The standard InChI is InChI=1S/C29H37.C11H17.C3H6.2ClH.Zr/c1-21-14-13-15-22-20-27(6)25(4)18-10-9-16-23(25,2)24(3)17-11-12-19-26(24,5)29(27,8)28(21,22)7;1-5-9-6-7-10(8-9)11(2,3)4;1-3-2;;;/h9-20,22H,1-8H3;7-9H,5H2,1-4H3;1-2H3;2*1H;/q;;;;;+2/p-2. The van der Waals surface area contributed by atoms with Gasteiger partial charge in [0.1, 0.15) is 0 Å². The van der Waals surface area contributed by atoms with E-state index < -0.39 is 21.3 Å². The minimum atomic E-state index is -2.52. The first-order valence-corrected chi connectivity index (χ1v) is 21.4. The second-order valence-electron chi connectivity index (χ2n) is 17.9. The summed E-state index contributed by atoms with van der Waals surface area (Å²) in [5, 5.41) is 0. The fourth-order valence-corrected chi connectivity index (χ4v) is 23.8. The molecule has 0 saturated heterocycles. The number of halogens is 2. The Balaban J connectivity index is 0.00000240. The molecule has 10 unspecified atom stereocenters. The van der Waals surface area contributed by atoms with E-state index in [0.717, 1.165) is 0 Å². The monoisotopic (exact) mass is 736 g/mol. The quantitative estimate of drug-likeness (QED) is 0.336. The Morgan fingerprint density at radius 1 is 0.761 bits per heavy atom. The van der Waals surface area contributed by atoms with Gasteiger partial charge in [0, 0.05) is 0 Å². The Bertz CT molecular complexity index is 1580. The first-order valence-electron chi connectivity index (χ1n) is 17.5. The zero-order chi connectivity index (χ0) is 32.5. The average molecular weight is 739 g/mol. The van der Waals surface area contributed by atoms with Gasteiger partial charge < -0.3 is 24.8 Å². The van der Waals surface area contributed by atoms with Gasteiger partial charge in [-0.3, -0.25) is 0 Å². The summed E-state index contributed by atoms with van der Waals surface area (Å²) in [6.45, 7) is 36.2. The Morgan fingerprint density at radius 2 is 1.26 bits per heavy atom. The molecule has 0 radical (unpaired) electrons. The van der Waals surface area contributed by atoms with E-state index in [4.69, 9.17) is 0 Å². The van der Waals surface area contributed by atoms with Gasteiger partial charge in [-0.2, -0.15) is 0 Å². The van der Waals surface area contributed by atoms with Crippen molar-refractivity contribution < 1.29 is 46.1 Å². The van der Waals surface area contributed by atoms with Crippen molar-refractivity contribution in [1.82, 2.24) is 0 Å². The third-order valence-corrected chi connectivity index (χ3v) is 25.3. The van der Waals surface area contributed by atoms with Gasteiger partial charge in [0.25, 0.3) is 0 Å². The number of rotatable bonds is 3. The molecule has 2 fully saturated rings. The molecule has 0 bridgehead atoms. The van der Waals surface area contributed by atoms with Crippen LogP contribution in [-0.4, -0.2) is 3.21 Å². The van der Waals surface area contributed by atoms with Crippen LogP contribution in [0, 0.1) is 55.2 Å². The summed E-state index contributed by atoms with van der Waals surface area (Å²) in [7, 11) is 0. The molecule has 0 heterocycles. The summed E-state index contributed by atoms with van der Waals surface area (Å²) in [6, 6.07) is 0. The summed E-state index contributed by atoms with van der Waals surface area (Å²) >= 11 is -2.52. The Kier molecular flexibility index (Phi) is 9.43. The van der Waals surface area contributed by atoms with E-state index in [9.17, 15) is 0 Å². The van der Waals surface area contributed by atoms with Crippen molar-refractivity contribution in [3.8, 4) is 0 Å². The zero-order valence-corrected chi connectivity index (χ0v) is 35.2. The molecule has 0 nitrogen and oxygen atoms in total. The predicted molar refractivity (Wildman–Crippen MR) is 189 cm³/mol. The topological polar surface area (TPSA) is 0 Å². The molecule has 0 aromatic rings. The molecule has 3 heteroatoms. The average Bonchev–Trinajstić information content (AvgIpc) is 3.45. The summed E-state index contributed by atoms with van der Waals surface area (Å²) < 4.78 is 4.28. The molecule has 6 aliphatic rings. The van der Waals surface area contributed by atoms with E-state index in [1.165, 1.54) is 6.42 Å². The van der Waals surface area contributed by atoms with E-state index in [-0.39, 0.29) is 68.1 Å². The molecule has 0 aromatic carbocycles. The molecule has 6 aliphatic carbocycles. The van der Waals surface area contributed by atoms with E-state index in [0.29, 0.717) is 15.5 Å². The van der Waals surface area contributed by atoms with Crippen molar-refractivity contribution >= 4 is 3.21 Å². The molecule has 0 spiro atoms. The van der Waals surface area contributed by atoms with Gasteiger partial charge in [0.2, 0.25) is 0 Å². The van der Waals surface area contributed by atoms with Crippen LogP contribution in [0.25, 0.3) is 0 Å². The van der Waals surface area contributed by atoms with Crippen LogP contribution in [0.3, 0.4) is 0 Å². The van der Waals surface area contributed by atoms with Gasteiger partial charge in [-0.25, -0.2) is 0 Å². The van der Waals surface area contributed by atoms with E-state index in [2.05, 4.69) is 176 Å². The van der Waals surface area contributed by atoms with Crippen molar-refractivity contribution in [2.24, 2.45) is 55.2 Å². The van der Waals surface area contributed by atoms with Crippen molar-refractivity contribution in [3.63, 3.8) is 0 Å². The van der Waals surface area contributed by atoms with Gasteiger partial charge in [-0.15, -0.1) is 0 Å². The van der Waals surface area contributed by atoms with Gasteiger partial charge in [-0.05, 0) is 0 Å². The van der Waals surface area contributed by atoms with Gasteiger partial charge in [0.05, 0.1) is 0 Å². The van der Waals surface area contributed by atoms with Crippen LogP contribution in [0.15, 0.2) is 93.4 Å². The predicted octanol–water partition coefficient (Wildman–Crippen LogP) is 5.97. The van der Waals surface area contributed by atoms with Crippen molar-refractivity contribution in [2.75, 3.05) is 0 Å². The largest absolute Gasteiger partial charge is 1.00 e. The third-order valence-electron chi connectivity index (χ3n) is 16.1. The minimum Gasteiger partial charge on any atom is -1.00 e. The van der Waals surface area contributed by atoms with Crippen LogP contribution in [0.2, 0.25) is 3.63 Å². The van der Waals surface area contributed by atoms with Crippen molar-refractivity contribution in [3.05, 3.63) is 93.4 Å². The molecule has 0 aromatic heterocycles. The number of hydrogen-bond acceptors (Lipinski definition) is 0. The van der Waals surface area contributed by atoms with Crippen molar-refractivity contribution in [2.45, 2.75) is 107 Å². The third kappa shape index (κ3) is 3.93. The van der Waals surface area contributed by atoms with Gasteiger partial charge in [0.15, 0.2) is 0 Å². The van der Waals surface area contributed by atoms with Crippen molar-refractivity contribution in [1.29, 1.82) is 0 Å². The van der Waals surface area contributed by atoms with Crippen LogP contribution >= 0.6 is 0 Å². The van der Waals surface area contributed by atoms with E-state index >= 15 is 0 Å². The Morgan fingerprint density at radius 3 is 1.76 bits per heavy atom. The maximum atomic E-state index is 2.82.